The minimum absolute atomic E-state index is 0.106. The van der Waals surface area contributed by atoms with Crippen LogP contribution in [0, 0.1) is 0 Å². The quantitative estimate of drug-likeness (QED) is 0.628. The second-order valence-electron chi connectivity index (χ2n) is 2.98. The van der Waals surface area contributed by atoms with E-state index >= 15 is 0 Å². The maximum Gasteiger partial charge on any atom is 0.253 e. The predicted molar refractivity (Wildman–Crippen MR) is 63.9 cm³/mol. The number of nitrogens with zero attached hydrogens (tertiary/aromatic N) is 1. The third kappa shape index (κ3) is 4.08. The van der Waals surface area contributed by atoms with Gasteiger partial charge in [-0.25, -0.2) is 4.98 Å². The number of rotatable bonds is 4. The van der Waals surface area contributed by atoms with Crippen molar-refractivity contribution in [3.63, 3.8) is 0 Å². The summed E-state index contributed by atoms with van der Waals surface area (Å²) >= 11 is 1.41. The van der Waals surface area contributed by atoms with Crippen LogP contribution in [0.1, 0.15) is 20.3 Å². The van der Waals surface area contributed by atoms with Crippen molar-refractivity contribution in [2.45, 2.75) is 20.3 Å². The first kappa shape index (κ1) is 11.7. The van der Waals surface area contributed by atoms with Gasteiger partial charge in [-0.15, -0.1) is 11.3 Å². The minimum atomic E-state index is -0.106. The third-order valence-corrected chi connectivity index (χ3v) is 2.42. The molecule has 0 radical (unpaired) electrons. The summed E-state index contributed by atoms with van der Waals surface area (Å²) in [7, 11) is 0. The summed E-state index contributed by atoms with van der Waals surface area (Å²) in [5.41, 5.74) is 0.676. The molecule has 80 valence electrons. The molecule has 1 aromatic heterocycles. The predicted octanol–water partition coefficient (Wildman–Crippen LogP) is 2.99. The Bertz CT molecular complexity index is 366. The summed E-state index contributed by atoms with van der Waals surface area (Å²) in [5.74, 6) is -0.106. The van der Waals surface area contributed by atoms with Crippen LogP contribution < -0.4 is 5.32 Å². The molecule has 1 amide bonds. The van der Waals surface area contributed by atoms with Gasteiger partial charge >= 0.3 is 0 Å². The van der Waals surface area contributed by atoms with Crippen molar-refractivity contribution in [1.82, 2.24) is 4.98 Å². The first-order chi connectivity index (χ1) is 7.24. The minimum Gasteiger partial charge on any atom is -0.298 e. The van der Waals surface area contributed by atoms with E-state index in [9.17, 15) is 4.79 Å². The second-order valence-corrected chi connectivity index (χ2v) is 3.87. The topological polar surface area (TPSA) is 42.0 Å². The third-order valence-electron chi connectivity index (χ3n) is 1.73. The number of amides is 1. The van der Waals surface area contributed by atoms with E-state index in [0.29, 0.717) is 10.7 Å². The van der Waals surface area contributed by atoms with Crippen molar-refractivity contribution < 1.29 is 4.79 Å². The molecule has 0 aliphatic rings. The highest BCUT2D eigenvalue weighted by Gasteiger charge is 2.04. The van der Waals surface area contributed by atoms with E-state index in [1.54, 1.807) is 19.2 Å². The average Bonchev–Trinajstić information content (AvgIpc) is 2.70. The number of hydrogen-bond donors (Lipinski definition) is 1. The van der Waals surface area contributed by atoms with E-state index in [4.69, 9.17) is 0 Å². The van der Waals surface area contributed by atoms with Gasteiger partial charge in [0, 0.05) is 17.2 Å². The molecule has 0 unspecified atom stereocenters. The van der Waals surface area contributed by atoms with Gasteiger partial charge < -0.3 is 0 Å². The first-order valence-electron chi connectivity index (χ1n) is 4.78. The molecule has 3 nitrogen and oxygen atoms in total. The van der Waals surface area contributed by atoms with Crippen molar-refractivity contribution in [2.75, 3.05) is 5.32 Å². The lowest BCUT2D eigenvalue weighted by atomic mass is 10.2. The lowest BCUT2D eigenvalue weighted by molar-refractivity contribution is -0.112. The molecule has 0 aliphatic heterocycles. The zero-order chi connectivity index (χ0) is 11.1. The first-order valence-corrected chi connectivity index (χ1v) is 5.66. The van der Waals surface area contributed by atoms with Gasteiger partial charge in [0.05, 0.1) is 0 Å². The van der Waals surface area contributed by atoms with Gasteiger partial charge in [-0.2, -0.15) is 0 Å². The van der Waals surface area contributed by atoms with Crippen LogP contribution in [0.2, 0.25) is 0 Å². The van der Waals surface area contributed by atoms with Gasteiger partial charge in [-0.3, -0.25) is 10.1 Å². The zero-order valence-electron chi connectivity index (χ0n) is 8.86. The van der Waals surface area contributed by atoms with Crippen molar-refractivity contribution in [2.24, 2.45) is 0 Å². The molecule has 0 atom stereocenters. The van der Waals surface area contributed by atoms with Crippen molar-refractivity contribution in [1.29, 1.82) is 0 Å². The van der Waals surface area contributed by atoms with E-state index in [-0.39, 0.29) is 5.91 Å². The Labute approximate surface area is 93.5 Å². The molecule has 1 heterocycles. The highest BCUT2D eigenvalue weighted by Crippen LogP contribution is 2.11. The van der Waals surface area contributed by atoms with E-state index < -0.39 is 0 Å². The Balaban J connectivity index is 2.53. The van der Waals surface area contributed by atoms with Crippen LogP contribution in [0.4, 0.5) is 5.13 Å². The molecular weight excluding hydrogens is 208 g/mol. The van der Waals surface area contributed by atoms with Gasteiger partial charge in [0.2, 0.25) is 0 Å². The van der Waals surface area contributed by atoms with E-state index in [1.165, 1.54) is 11.3 Å². The summed E-state index contributed by atoms with van der Waals surface area (Å²) in [6.45, 7) is 3.83. The Morgan fingerprint density at radius 2 is 2.47 bits per heavy atom. The fraction of sp³-hybridized carbons (Fsp3) is 0.273. The lowest BCUT2D eigenvalue weighted by Crippen LogP contribution is -2.12. The second kappa shape index (κ2) is 6.14. The van der Waals surface area contributed by atoms with Crippen LogP contribution in [0.5, 0.6) is 0 Å². The van der Waals surface area contributed by atoms with E-state index in [0.717, 1.165) is 6.42 Å². The summed E-state index contributed by atoms with van der Waals surface area (Å²) in [6.07, 6.45) is 8.32. The number of nitrogens with one attached hydrogen (secondary N) is 1. The Morgan fingerprint density at radius 1 is 1.67 bits per heavy atom. The number of carbonyl (C=O) groups is 1. The lowest BCUT2D eigenvalue weighted by Gasteiger charge is -1.99. The molecule has 4 heteroatoms. The Kier molecular flexibility index (Phi) is 4.77. The monoisotopic (exact) mass is 222 g/mol. The van der Waals surface area contributed by atoms with Crippen molar-refractivity contribution >= 4 is 22.4 Å². The molecule has 1 N–H and O–H groups in total. The van der Waals surface area contributed by atoms with Gasteiger partial charge in [-0.05, 0) is 13.3 Å². The zero-order valence-corrected chi connectivity index (χ0v) is 9.67. The molecule has 0 aromatic carbocycles. The molecule has 0 aliphatic carbocycles. The van der Waals surface area contributed by atoms with Crippen molar-refractivity contribution in [3.8, 4) is 0 Å². The normalized spacial score (nSPS) is 12.0. The van der Waals surface area contributed by atoms with Crippen molar-refractivity contribution in [3.05, 3.63) is 35.4 Å². The molecule has 0 saturated carbocycles. The SMILES string of the molecule is CC/C=C\C=C(/C)C(=O)Nc1nccs1. The van der Waals surface area contributed by atoms with Crippen LogP contribution in [-0.4, -0.2) is 10.9 Å². The summed E-state index contributed by atoms with van der Waals surface area (Å²) in [4.78, 5) is 15.5. The molecule has 0 spiro atoms. The fourth-order valence-electron chi connectivity index (χ4n) is 0.905. The summed E-state index contributed by atoms with van der Waals surface area (Å²) in [6, 6.07) is 0. The molecule has 0 fully saturated rings. The molecule has 1 aromatic rings. The van der Waals surface area contributed by atoms with E-state index in [1.807, 2.05) is 17.5 Å². The average molecular weight is 222 g/mol. The van der Waals surface area contributed by atoms with Crippen LogP contribution in [0.15, 0.2) is 35.4 Å². The molecule has 1 rings (SSSR count). The number of hydrogen-bond acceptors (Lipinski definition) is 3. The highest BCUT2D eigenvalue weighted by atomic mass is 32.1. The number of aromatic nitrogens is 1. The van der Waals surface area contributed by atoms with E-state index in [2.05, 4.69) is 17.2 Å². The van der Waals surface area contributed by atoms with Crippen LogP contribution in [0.25, 0.3) is 0 Å². The maximum atomic E-state index is 11.6. The molecule has 0 saturated heterocycles. The number of anilines is 1. The van der Waals surface area contributed by atoms with Crippen LogP contribution >= 0.6 is 11.3 Å². The maximum absolute atomic E-state index is 11.6. The largest absolute Gasteiger partial charge is 0.298 e. The molecular formula is C11H14N2OS. The standard InChI is InChI=1S/C11H14N2OS/c1-3-4-5-6-9(2)10(14)13-11-12-7-8-15-11/h4-8H,3H2,1-2H3,(H,12,13,14)/b5-4-,9-6+. The van der Waals surface area contributed by atoms with Gasteiger partial charge in [-0.1, -0.05) is 25.2 Å². The van der Waals surface area contributed by atoms with Gasteiger partial charge in [0.15, 0.2) is 5.13 Å². The number of carbonyl (C=O) groups excluding carboxylic acids is 1. The molecule has 0 bridgehead atoms. The number of allylic oxidation sites excluding steroid dienone is 3. The highest BCUT2D eigenvalue weighted by molar-refractivity contribution is 7.13. The molecule has 15 heavy (non-hydrogen) atoms. The summed E-state index contributed by atoms with van der Waals surface area (Å²) in [5, 5.41) is 5.17. The smallest absolute Gasteiger partial charge is 0.253 e. The van der Waals surface area contributed by atoms with Crippen LogP contribution in [-0.2, 0) is 4.79 Å². The Morgan fingerprint density at radius 3 is 3.07 bits per heavy atom. The van der Waals surface area contributed by atoms with Gasteiger partial charge in [0.25, 0.3) is 5.91 Å². The summed E-state index contributed by atoms with van der Waals surface area (Å²) < 4.78 is 0. The van der Waals surface area contributed by atoms with Gasteiger partial charge in [0.1, 0.15) is 0 Å². The van der Waals surface area contributed by atoms with Crippen LogP contribution in [0.3, 0.4) is 0 Å². The number of thiazole rings is 1. The fourth-order valence-corrected chi connectivity index (χ4v) is 1.43. The Hall–Kier alpha value is -1.42.